The Labute approximate surface area is 558 Å². The zero-order valence-corrected chi connectivity index (χ0v) is 59.2. The number of hydrogen-bond acceptors (Lipinski definition) is 11. The van der Waals surface area contributed by atoms with E-state index in [4.69, 9.17) is 11.6 Å². The smallest absolute Gasteiger partial charge is 0.343 e. The predicted molar refractivity (Wildman–Crippen MR) is 352 cm³/mol. The third-order valence-corrected chi connectivity index (χ3v) is 18.8. The molecule has 1 unspecified atom stereocenters. The molecule has 2 aliphatic rings. The van der Waals surface area contributed by atoms with E-state index in [2.05, 4.69) is 21.3 Å². The molecule has 0 aromatic heterocycles. The Morgan fingerprint density at radius 2 is 1.16 bits per heavy atom. The molecule has 4 N–H and O–H groups in total. The van der Waals surface area contributed by atoms with E-state index in [0.29, 0.717) is 12.0 Å². The number of amides is 11. The number of benzene rings is 2. The lowest BCUT2D eigenvalue weighted by molar-refractivity contribution is -0.158. The van der Waals surface area contributed by atoms with E-state index in [1.807, 2.05) is 53.7 Å². The molecule has 22 nitrogen and oxygen atoms in total. The Kier molecular flexibility index (Phi) is 28.5. The second-order valence-corrected chi connectivity index (χ2v) is 28.0. The van der Waals surface area contributed by atoms with Gasteiger partial charge in [-0.05, 0) is 120 Å². The number of fused-ring (bicyclic) bond motifs is 1. The largest absolute Gasteiger partial charge is 0.417 e. The summed E-state index contributed by atoms with van der Waals surface area (Å²) in [6.45, 7) is 22.2. The Morgan fingerprint density at radius 1 is 0.606 bits per heavy atom. The summed E-state index contributed by atoms with van der Waals surface area (Å²) in [5.74, 6) is -8.37. The molecule has 11 amide bonds. The van der Waals surface area contributed by atoms with E-state index < -0.39 is 154 Å². The topological polar surface area (TPSA) is 259 Å². The standard InChI is InChI=1S/C68H103ClF3N11O11/c1-20-42(9)57-65(93)77(14)37-56(85)83-30-29-52(83)63(91)81(18)54(36-46-23-21-41(8)22-24-46)64(92)79(16)44(11)58(86)73-49(28-26-45-25-27-47(48(69)35-45)68(70,71)72)59(87)74-51(32-39(4)5)62(90)82(19)67(12,13)66(94)75-50(31-38(2)3)61(89)78(15)43(10)34-55(84)80(17)53(33-40(6)7)60(88)76-57/h21-25,27,35,38-40,42-44,49-54,57H,20,26,28-34,36-37H2,1-19H3,(H,73,86)(H,74,87)(H,75,94)(H,76,88)/t42-,43+,44+,49-,50-,51-,52?,53-,54-,57-/m0/s1. The van der Waals surface area contributed by atoms with Crippen LogP contribution in [0.4, 0.5) is 13.2 Å². The number of carbonyl (C=O) groups is 11. The van der Waals surface area contributed by atoms with Gasteiger partial charge in [0.15, 0.2) is 0 Å². The van der Waals surface area contributed by atoms with Gasteiger partial charge in [-0.2, -0.15) is 13.2 Å². The van der Waals surface area contributed by atoms with E-state index in [1.54, 1.807) is 39.8 Å². The summed E-state index contributed by atoms with van der Waals surface area (Å²) in [6.07, 6.45) is -4.47. The van der Waals surface area contributed by atoms with Crippen molar-refractivity contribution in [3.8, 4) is 0 Å². The molecule has 2 aromatic rings. The van der Waals surface area contributed by atoms with E-state index in [0.717, 1.165) is 27.5 Å². The molecule has 26 heteroatoms. The van der Waals surface area contributed by atoms with Crippen LogP contribution in [-0.2, 0) is 71.8 Å². The lowest BCUT2D eigenvalue weighted by Crippen LogP contribution is -2.64. The lowest BCUT2D eigenvalue weighted by atomic mass is 9.95. The first-order valence-electron chi connectivity index (χ1n) is 32.6. The average Bonchev–Trinajstić information content (AvgIpc) is 0.902. The van der Waals surface area contributed by atoms with Gasteiger partial charge >= 0.3 is 6.18 Å². The molecular weight excluding hydrogens is 1240 g/mol. The number of alkyl halides is 3. The molecular formula is C68H103ClF3N11O11. The summed E-state index contributed by atoms with van der Waals surface area (Å²) in [5.41, 5.74) is -0.966. The van der Waals surface area contributed by atoms with E-state index in [-0.39, 0.29) is 81.2 Å². The van der Waals surface area contributed by atoms with Crippen molar-refractivity contribution in [3.63, 3.8) is 0 Å². The number of rotatable bonds is 13. The van der Waals surface area contributed by atoms with Crippen LogP contribution in [0.2, 0.25) is 5.02 Å². The first-order chi connectivity index (χ1) is 43.5. The molecule has 524 valence electrons. The highest BCUT2D eigenvalue weighted by Crippen LogP contribution is 2.35. The second kappa shape index (κ2) is 33.9. The van der Waals surface area contributed by atoms with Crippen LogP contribution in [0.3, 0.4) is 0 Å². The molecule has 2 aromatic carbocycles. The third-order valence-electron chi connectivity index (χ3n) is 18.5. The molecule has 4 rings (SSSR count). The van der Waals surface area contributed by atoms with Crippen molar-refractivity contribution in [1.82, 2.24) is 55.6 Å². The Hall–Kier alpha value is -7.31. The monoisotopic (exact) mass is 1340 g/mol. The summed E-state index contributed by atoms with van der Waals surface area (Å²) >= 11 is 6.12. The number of hydrogen-bond donors (Lipinski definition) is 4. The molecule has 0 aliphatic carbocycles. The van der Waals surface area contributed by atoms with Crippen molar-refractivity contribution < 1.29 is 65.9 Å². The molecule has 2 aliphatic heterocycles. The zero-order valence-electron chi connectivity index (χ0n) is 58.5. The van der Waals surface area contributed by atoms with Gasteiger partial charge in [0.1, 0.15) is 53.9 Å². The maximum absolute atomic E-state index is 15.0. The second-order valence-electron chi connectivity index (χ2n) is 27.6. The summed E-state index contributed by atoms with van der Waals surface area (Å²) < 4.78 is 41.4. The Balaban J connectivity index is 1.87. The van der Waals surface area contributed by atoms with Crippen LogP contribution in [0.5, 0.6) is 0 Å². The molecule has 2 heterocycles. The van der Waals surface area contributed by atoms with Crippen molar-refractivity contribution in [1.29, 1.82) is 0 Å². The van der Waals surface area contributed by atoms with Crippen molar-refractivity contribution in [2.24, 2.45) is 23.7 Å². The minimum absolute atomic E-state index is 0.0140. The van der Waals surface area contributed by atoms with Gasteiger partial charge in [0.25, 0.3) is 0 Å². The lowest BCUT2D eigenvalue weighted by Gasteiger charge is -2.44. The van der Waals surface area contributed by atoms with Gasteiger partial charge in [-0.25, -0.2) is 0 Å². The molecule has 0 bridgehead atoms. The van der Waals surface area contributed by atoms with Gasteiger partial charge in [0.2, 0.25) is 65.0 Å². The highest BCUT2D eigenvalue weighted by Gasteiger charge is 2.46. The van der Waals surface area contributed by atoms with Crippen LogP contribution in [0.25, 0.3) is 0 Å². The van der Waals surface area contributed by atoms with Crippen LogP contribution in [0.15, 0.2) is 42.5 Å². The molecule has 2 fully saturated rings. The third kappa shape index (κ3) is 20.6. The summed E-state index contributed by atoms with van der Waals surface area (Å²) in [7, 11) is 8.50. The fraction of sp³-hybridized carbons (Fsp3) is 0.662. The highest BCUT2D eigenvalue weighted by molar-refractivity contribution is 6.31. The van der Waals surface area contributed by atoms with E-state index >= 15 is 4.79 Å². The number of carbonyl (C=O) groups excluding carboxylic acids is 11. The molecule has 0 radical (unpaired) electrons. The fourth-order valence-corrected chi connectivity index (χ4v) is 11.7. The number of nitrogens with one attached hydrogen (secondary N) is 4. The summed E-state index contributed by atoms with van der Waals surface area (Å²) in [5, 5.41) is 10.6. The van der Waals surface area contributed by atoms with Crippen LogP contribution in [-0.4, -0.2) is 215 Å². The van der Waals surface area contributed by atoms with Crippen molar-refractivity contribution >= 4 is 76.6 Å². The fourth-order valence-electron chi connectivity index (χ4n) is 11.3. The molecule has 94 heavy (non-hydrogen) atoms. The molecule has 10 atom stereocenters. The summed E-state index contributed by atoms with van der Waals surface area (Å²) in [4.78, 5) is 170. The number of likely N-dealkylation sites (N-methyl/N-ethyl adjacent to an activating group) is 6. The van der Waals surface area contributed by atoms with Crippen LogP contribution < -0.4 is 21.3 Å². The van der Waals surface area contributed by atoms with E-state index in [1.165, 1.54) is 93.6 Å². The van der Waals surface area contributed by atoms with Gasteiger partial charge in [-0.1, -0.05) is 109 Å². The highest BCUT2D eigenvalue weighted by atomic mass is 35.5. The van der Waals surface area contributed by atoms with Crippen LogP contribution >= 0.6 is 11.6 Å². The molecule has 2 saturated heterocycles. The van der Waals surface area contributed by atoms with Gasteiger partial charge in [-0.15, -0.1) is 0 Å². The molecule has 0 spiro atoms. The summed E-state index contributed by atoms with van der Waals surface area (Å²) in [6, 6.07) is -0.440. The normalized spacial score (nSPS) is 25.3. The average molecular weight is 1340 g/mol. The van der Waals surface area contributed by atoms with E-state index in [9.17, 15) is 61.1 Å². The Morgan fingerprint density at radius 3 is 1.68 bits per heavy atom. The number of nitrogens with zero attached hydrogens (tertiary/aromatic N) is 7. The van der Waals surface area contributed by atoms with Crippen molar-refractivity contribution in [2.75, 3.05) is 55.4 Å². The zero-order chi connectivity index (χ0) is 71.3. The van der Waals surface area contributed by atoms with Gasteiger partial charge in [0.05, 0.1) is 17.1 Å². The van der Waals surface area contributed by atoms with Gasteiger partial charge < -0.3 is 55.6 Å². The van der Waals surface area contributed by atoms with Gasteiger partial charge in [-0.3, -0.25) is 52.7 Å². The maximum Gasteiger partial charge on any atom is 0.417 e. The number of aryl methyl sites for hydroxylation is 2. The molecule has 0 saturated carbocycles. The van der Waals surface area contributed by atoms with Crippen molar-refractivity contribution in [2.45, 2.75) is 214 Å². The SMILES string of the molecule is CC[C@H](C)[C@@H]1NC(=O)[C@H](CC(C)C)N(C)C(=O)C[C@@H](C)N(C)C(=O)[C@H](CC(C)C)NC(=O)C(C)(C)N(C)C(=O)[C@H](CC(C)C)NC(=O)[C@H](CCc2ccc(C(F)(F)F)c(Cl)c2)NC(=O)[C@@H](C)N(C)C(=O)[C@H](Cc2ccc(C)cc2)N(C)C(=O)C2CCN2C(=O)CN(C)C1=O. The van der Waals surface area contributed by atoms with Crippen molar-refractivity contribution in [3.05, 3.63) is 69.7 Å². The number of halogens is 4. The van der Waals surface area contributed by atoms with Crippen LogP contribution in [0.1, 0.15) is 150 Å². The maximum atomic E-state index is 15.0. The minimum atomic E-state index is -4.77. The van der Waals surface area contributed by atoms with Crippen LogP contribution in [0, 0.1) is 30.6 Å². The van der Waals surface area contributed by atoms with Gasteiger partial charge in [0, 0.05) is 67.7 Å². The quantitative estimate of drug-likeness (QED) is 0.180. The first kappa shape index (κ1) is 79.1. The first-order valence-corrected chi connectivity index (χ1v) is 32.9. The Bertz CT molecular complexity index is 3060. The predicted octanol–water partition coefficient (Wildman–Crippen LogP) is 6.01. The minimum Gasteiger partial charge on any atom is -0.343 e.